The molecule has 3 heterocycles. The number of nitrogens with zero attached hydrogens (tertiary/aromatic N) is 6. The van der Waals surface area contributed by atoms with E-state index in [0.717, 1.165) is 4.90 Å². The molecule has 6 rings (SSSR count). The highest BCUT2D eigenvalue weighted by Gasteiger charge is 2.70. The van der Waals surface area contributed by atoms with E-state index in [0.29, 0.717) is 28.2 Å². The third-order valence-electron chi connectivity index (χ3n) is 7.26. The number of hydrogen-bond acceptors (Lipinski definition) is 7. The Kier molecular flexibility index (Phi) is 5.90. The summed E-state index contributed by atoms with van der Waals surface area (Å²) in [5, 5.41) is 4.02. The first-order valence-electron chi connectivity index (χ1n) is 12.1. The molecule has 0 spiro atoms. The van der Waals surface area contributed by atoms with Crippen molar-refractivity contribution < 1.29 is 22.0 Å². The molecule has 0 saturated heterocycles. The van der Waals surface area contributed by atoms with Crippen LogP contribution in [-0.2, 0) is 6.54 Å². The number of rotatable bonds is 5. The second-order valence-corrected chi connectivity index (χ2v) is 9.69. The summed E-state index contributed by atoms with van der Waals surface area (Å²) in [5.41, 5.74) is 13.2. The highest BCUT2D eigenvalue weighted by molar-refractivity contribution is 5.65. The van der Waals surface area contributed by atoms with Crippen molar-refractivity contribution in [2.75, 3.05) is 4.90 Å². The van der Waals surface area contributed by atoms with Crippen molar-refractivity contribution in [2.24, 2.45) is 11.5 Å². The zero-order chi connectivity index (χ0) is 27.5. The van der Waals surface area contributed by atoms with Gasteiger partial charge in [0.1, 0.15) is 42.3 Å². The van der Waals surface area contributed by atoms with Gasteiger partial charge in [-0.3, -0.25) is 5.73 Å². The van der Waals surface area contributed by atoms with Gasteiger partial charge in [-0.25, -0.2) is 28.3 Å². The zero-order valence-corrected chi connectivity index (χ0v) is 20.4. The molecule has 1 saturated carbocycles. The Labute approximate surface area is 219 Å². The maximum atomic E-state index is 14.6. The highest BCUT2D eigenvalue weighted by atomic mass is 19.4. The minimum atomic E-state index is -4.58. The van der Waals surface area contributed by atoms with Crippen LogP contribution in [0.5, 0.6) is 0 Å². The lowest BCUT2D eigenvalue weighted by molar-refractivity contribution is -0.211. The number of alkyl halides is 3. The summed E-state index contributed by atoms with van der Waals surface area (Å²) < 4.78 is 72.4. The SMILES string of the molecule is NC1c2nc(-c3ccc(F)cc3)ccc2N(Cc2cc(F)cc(-n3cncn3)c2)C(N)N1C1(C(F)(F)F)CC1. The lowest BCUT2D eigenvalue weighted by Crippen LogP contribution is -2.67. The molecule has 2 aromatic heterocycles. The second kappa shape index (κ2) is 9.07. The second-order valence-electron chi connectivity index (χ2n) is 9.69. The van der Waals surface area contributed by atoms with E-state index in [1.165, 1.54) is 58.6 Å². The fourth-order valence-corrected chi connectivity index (χ4v) is 5.20. The van der Waals surface area contributed by atoms with Gasteiger partial charge in [0.25, 0.3) is 0 Å². The lowest BCUT2D eigenvalue weighted by Gasteiger charge is -2.50. The van der Waals surface area contributed by atoms with Crippen LogP contribution in [0.4, 0.5) is 27.6 Å². The number of benzene rings is 2. The molecule has 0 bridgehead atoms. The minimum absolute atomic E-state index is 0.0393. The maximum absolute atomic E-state index is 14.6. The molecular formula is C26H23F5N8. The van der Waals surface area contributed by atoms with Crippen LogP contribution in [0.2, 0.25) is 0 Å². The van der Waals surface area contributed by atoms with Crippen molar-refractivity contribution in [3.8, 4) is 16.9 Å². The Morgan fingerprint density at radius 1 is 0.949 bits per heavy atom. The van der Waals surface area contributed by atoms with Gasteiger partial charge in [-0.15, -0.1) is 0 Å². The molecule has 2 aromatic carbocycles. The number of pyridine rings is 1. The van der Waals surface area contributed by atoms with Gasteiger partial charge in [-0.05, 0) is 73.0 Å². The number of halogens is 5. The molecule has 2 unspecified atom stereocenters. The first kappa shape index (κ1) is 25.3. The summed E-state index contributed by atoms with van der Waals surface area (Å²) in [6, 6.07) is 13.1. The van der Waals surface area contributed by atoms with Crippen LogP contribution in [0.25, 0.3) is 16.9 Å². The number of anilines is 1. The first-order valence-corrected chi connectivity index (χ1v) is 12.1. The lowest BCUT2D eigenvalue weighted by atomic mass is 10.0. The smallest absolute Gasteiger partial charge is 0.337 e. The Balaban J connectivity index is 1.45. The Bertz CT molecular complexity index is 1500. The van der Waals surface area contributed by atoms with Crippen molar-refractivity contribution in [3.63, 3.8) is 0 Å². The van der Waals surface area contributed by atoms with E-state index < -0.39 is 35.8 Å². The van der Waals surface area contributed by atoms with Crippen LogP contribution < -0.4 is 16.4 Å². The van der Waals surface area contributed by atoms with E-state index >= 15 is 0 Å². The molecule has 0 radical (unpaired) electrons. The monoisotopic (exact) mass is 542 g/mol. The standard InChI is InChI=1S/C26H23F5N8/c27-17-3-1-16(2-4-17)20-5-6-21-22(36-20)23(32)39(25(7-8-25)26(29,30)31)24(33)37(21)12-15-9-18(28)11-19(10-15)38-14-34-13-35-38/h1-6,9-11,13-14,23-24H,7-8,12,32-33H2. The Hall–Kier alpha value is -3.94. The van der Waals surface area contributed by atoms with E-state index in [1.807, 2.05) is 0 Å². The largest absolute Gasteiger partial charge is 0.406 e. The Morgan fingerprint density at radius 2 is 1.69 bits per heavy atom. The average molecular weight is 543 g/mol. The van der Waals surface area contributed by atoms with Crippen molar-refractivity contribution in [2.45, 2.75) is 43.6 Å². The van der Waals surface area contributed by atoms with E-state index in [-0.39, 0.29) is 25.1 Å². The van der Waals surface area contributed by atoms with Gasteiger partial charge >= 0.3 is 6.18 Å². The van der Waals surface area contributed by atoms with Gasteiger partial charge in [0.15, 0.2) is 0 Å². The Morgan fingerprint density at radius 3 is 2.33 bits per heavy atom. The summed E-state index contributed by atoms with van der Waals surface area (Å²) in [5.74, 6) is -0.992. The predicted molar refractivity (Wildman–Crippen MR) is 132 cm³/mol. The molecule has 0 amide bonds. The summed E-state index contributed by atoms with van der Waals surface area (Å²) in [6.07, 6.45) is -4.75. The highest BCUT2D eigenvalue weighted by Crippen LogP contribution is 2.57. The van der Waals surface area contributed by atoms with Crippen LogP contribution in [0.15, 0.2) is 67.3 Å². The first-order chi connectivity index (χ1) is 18.6. The van der Waals surface area contributed by atoms with Crippen LogP contribution >= 0.6 is 0 Å². The van der Waals surface area contributed by atoms with E-state index in [2.05, 4.69) is 15.1 Å². The average Bonchev–Trinajstić information content (AvgIpc) is 3.51. The van der Waals surface area contributed by atoms with Crippen LogP contribution in [0.1, 0.15) is 30.3 Å². The van der Waals surface area contributed by atoms with Crippen LogP contribution in [0, 0.1) is 11.6 Å². The van der Waals surface area contributed by atoms with Crippen molar-refractivity contribution in [1.29, 1.82) is 0 Å². The molecule has 4 N–H and O–H groups in total. The van der Waals surface area contributed by atoms with Gasteiger partial charge < -0.3 is 10.6 Å². The molecule has 1 aliphatic carbocycles. The number of nitrogens with two attached hydrogens (primary N) is 2. The summed E-state index contributed by atoms with van der Waals surface area (Å²) in [7, 11) is 0. The predicted octanol–water partition coefficient (Wildman–Crippen LogP) is 4.22. The molecule has 1 fully saturated rings. The quantitative estimate of drug-likeness (QED) is 0.364. The molecule has 202 valence electrons. The minimum Gasteiger partial charge on any atom is -0.337 e. The van der Waals surface area contributed by atoms with Gasteiger partial charge in [0.05, 0.1) is 22.8 Å². The van der Waals surface area contributed by atoms with Crippen molar-refractivity contribution >= 4 is 5.69 Å². The molecule has 2 aliphatic rings. The normalized spacial score (nSPS) is 20.6. The van der Waals surface area contributed by atoms with Gasteiger partial charge in [0, 0.05) is 12.1 Å². The number of hydrogen-bond donors (Lipinski definition) is 2. The summed E-state index contributed by atoms with van der Waals surface area (Å²) in [6.45, 7) is -0.0393. The van der Waals surface area contributed by atoms with Crippen LogP contribution in [-0.4, -0.2) is 42.7 Å². The van der Waals surface area contributed by atoms with Crippen molar-refractivity contribution in [3.05, 3.63) is 90.1 Å². The molecular weight excluding hydrogens is 519 g/mol. The molecule has 1 aliphatic heterocycles. The molecule has 13 heteroatoms. The van der Waals surface area contributed by atoms with Crippen LogP contribution in [0.3, 0.4) is 0 Å². The molecule has 39 heavy (non-hydrogen) atoms. The van der Waals surface area contributed by atoms with Gasteiger partial charge in [0.2, 0.25) is 0 Å². The summed E-state index contributed by atoms with van der Waals surface area (Å²) in [4.78, 5) is 11.1. The maximum Gasteiger partial charge on any atom is 0.406 e. The third-order valence-corrected chi connectivity index (χ3v) is 7.26. The van der Waals surface area contributed by atoms with E-state index in [9.17, 15) is 22.0 Å². The van der Waals surface area contributed by atoms with E-state index in [4.69, 9.17) is 11.5 Å². The summed E-state index contributed by atoms with van der Waals surface area (Å²) >= 11 is 0. The van der Waals surface area contributed by atoms with Crippen molar-refractivity contribution in [1.82, 2.24) is 24.6 Å². The fourth-order valence-electron chi connectivity index (χ4n) is 5.20. The molecule has 4 aromatic rings. The van der Waals surface area contributed by atoms with Gasteiger partial charge in [-0.2, -0.15) is 18.3 Å². The van der Waals surface area contributed by atoms with E-state index in [1.54, 1.807) is 18.2 Å². The topological polar surface area (TPSA) is 102 Å². The molecule has 8 nitrogen and oxygen atoms in total. The number of aromatic nitrogens is 4. The molecule has 2 atom stereocenters. The fraction of sp³-hybridized carbons (Fsp3) is 0.269. The third kappa shape index (κ3) is 4.32. The number of fused-ring (bicyclic) bond motifs is 1. The zero-order valence-electron chi connectivity index (χ0n) is 20.4. The van der Waals surface area contributed by atoms with Gasteiger partial charge in [-0.1, -0.05) is 0 Å².